The molecular formula is C19H20N4O3. The van der Waals surface area contributed by atoms with Crippen LogP contribution in [0, 0.1) is 0 Å². The van der Waals surface area contributed by atoms with Crippen LogP contribution >= 0.6 is 0 Å². The number of hydrogen-bond donors (Lipinski definition) is 1. The lowest BCUT2D eigenvalue weighted by molar-refractivity contribution is 0.102. The molecular weight excluding hydrogens is 332 g/mol. The first-order valence-corrected chi connectivity index (χ1v) is 8.62. The van der Waals surface area contributed by atoms with Gasteiger partial charge in [0.25, 0.3) is 5.91 Å². The van der Waals surface area contributed by atoms with E-state index in [4.69, 9.17) is 9.26 Å². The van der Waals surface area contributed by atoms with Crippen molar-refractivity contribution in [1.29, 1.82) is 0 Å². The van der Waals surface area contributed by atoms with Crippen LogP contribution in [0.1, 0.15) is 46.1 Å². The van der Waals surface area contributed by atoms with E-state index in [0.717, 1.165) is 19.3 Å². The summed E-state index contributed by atoms with van der Waals surface area (Å²) in [4.78, 5) is 12.6. The van der Waals surface area contributed by atoms with Gasteiger partial charge in [0.05, 0.1) is 18.8 Å². The normalized spacial score (nSPS) is 16.3. The molecule has 1 atom stereocenters. The zero-order valence-corrected chi connectivity index (χ0v) is 14.5. The van der Waals surface area contributed by atoms with Crippen molar-refractivity contribution in [3.05, 3.63) is 65.2 Å². The number of nitrogens with zero attached hydrogens (tertiary/aromatic N) is 3. The maximum absolute atomic E-state index is 12.6. The van der Waals surface area contributed by atoms with E-state index in [9.17, 15) is 4.79 Å². The number of ether oxygens (including phenoxy) is 1. The zero-order chi connectivity index (χ0) is 17.9. The molecule has 0 aliphatic heterocycles. The van der Waals surface area contributed by atoms with E-state index < -0.39 is 0 Å². The van der Waals surface area contributed by atoms with Crippen molar-refractivity contribution in [3.8, 4) is 0 Å². The van der Waals surface area contributed by atoms with Crippen LogP contribution in [-0.4, -0.2) is 28.0 Å². The van der Waals surface area contributed by atoms with Crippen molar-refractivity contribution < 1.29 is 14.1 Å². The minimum Gasteiger partial charge on any atom is -0.378 e. The van der Waals surface area contributed by atoms with Gasteiger partial charge in [-0.1, -0.05) is 29.4 Å². The molecule has 0 saturated carbocycles. The molecule has 1 unspecified atom stereocenters. The Morgan fingerprint density at radius 1 is 1.38 bits per heavy atom. The number of benzene rings is 1. The van der Waals surface area contributed by atoms with Gasteiger partial charge in [-0.3, -0.25) is 4.79 Å². The number of amides is 1. The number of carbonyl (C=O) groups excluding carboxylic acids is 1. The van der Waals surface area contributed by atoms with Crippen LogP contribution in [0.15, 0.2) is 47.3 Å². The molecule has 134 valence electrons. The molecule has 4 rings (SSSR count). The molecule has 2 aromatic heterocycles. The molecule has 2 heterocycles. The number of methoxy groups -OCH3 is 1. The molecule has 7 heteroatoms. The average Bonchev–Trinajstić information content (AvgIpc) is 3.31. The Hall–Kier alpha value is -2.93. The number of hydrogen-bond acceptors (Lipinski definition) is 5. The van der Waals surface area contributed by atoms with E-state index in [1.54, 1.807) is 19.4 Å². The lowest BCUT2D eigenvalue weighted by Gasteiger charge is -2.27. The van der Waals surface area contributed by atoms with E-state index >= 15 is 0 Å². The highest BCUT2D eigenvalue weighted by Gasteiger charge is 2.25. The van der Waals surface area contributed by atoms with Crippen molar-refractivity contribution in [2.45, 2.75) is 31.9 Å². The summed E-state index contributed by atoms with van der Waals surface area (Å²) >= 11 is 0. The van der Waals surface area contributed by atoms with Gasteiger partial charge in [0.15, 0.2) is 0 Å². The van der Waals surface area contributed by atoms with Crippen LogP contribution in [0.3, 0.4) is 0 Å². The maximum Gasteiger partial charge on any atom is 0.262 e. The Balaban J connectivity index is 1.60. The van der Waals surface area contributed by atoms with Crippen LogP contribution in [-0.2, 0) is 17.8 Å². The summed E-state index contributed by atoms with van der Waals surface area (Å²) in [5, 5.41) is 11.2. The third-order valence-electron chi connectivity index (χ3n) is 4.71. The summed E-state index contributed by atoms with van der Waals surface area (Å²) < 4.78 is 11.9. The zero-order valence-electron chi connectivity index (χ0n) is 14.5. The van der Waals surface area contributed by atoms with Crippen LogP contribution in [0.5, 0.6) is 0 Å². The second-order valence-electron chi connectivity index (χ2n) is 6.33. The van der Waals surface area contributed by atoms with Gasteiger partial charge in [0.2, 0.25) is 0 Å². The Labute approximate surface area is 150 Å². The van der Waals surface area contributed by atoms with Gasteiger partial charge in [-0.05, 0) is 30.4 Å². The van der Waals surface area contributed by atoms with Crippen molar-refractivity contribution in [1.82, 2.24) is 14.9 Å². The molecule has 1 aromatic carbocycles. The van der Waals surface area contributed by atoms with E-state index in [2.05, 4.69) is 33.8 Å². The summed E-state index contributed by atoms with van der Waals surface area (Å²) in [7, 11) is 1.55. The number of aromatic nitrogens is 3. The van der Waals surface area contributed by atoms with Gasteiger partial charge in [0.1, 0.15) is 23.3 Å². The third-order valence-corrected chi connectivity index (χ3v) is 4.71. The number of carbonyl (C=O) groups is 1. The van der Waals surface area contributed by atoms with Crippen LogP contribution < -0.4 is 5.32 Å². The van der Waals surface area contributed by atoms with Crippen molar-refractivity contribution >= 4 is 11.7 Å². The highest BCUT2D eigenvalue weighted by Crippen LogP contribution is 2.34. The van der Waals surface area contributed by atoms with Crippen molar-refractivity contribution in [3.63, 3.8) is 0 Å². The maximum atomic E-state index is 12.6. The number of fused-ring (bicyclic) bond motifs is 1. The minimum absolute atomic E-state index is 0.117. The highest BCUT2D eigenvalue weighted by atomic mass is 16.5. The monoisotopic (exact) mass is 352 g/mol. The molecule has 1 aliphatic rings. The molecule has 0 bridgehead atoms. The Morgan fingerprint density at radius 2 is 2.27 bits per heavy atom. The van der Waals surface area contributed by atoms with E-state index in [1.165, 1.54) is 17.4 Å². The van der Waals surface area contributed by atoms with E-state index in [-0.39, 0.29) is 18.6 Å². The fourth-order valence-corrected chi connectivity index (χ4v) is 3.51. The minimum atomic E-state index is -0.288. The number of anilines is 1. The lowest BCUT2D eigenvalue weighted by Crippen LogP contribution is -2.22. The molecule has 3 aromatic rings. The summed E-state index contributed by atoms with van der Waals surface area (Å²) in [6.45, 7) is 0.217. The van der Waals surface area contributed by atoms with Gasteiger partial charge < -0.3 is 14.6 Å². The molecule has 0 fully saturated rings. The number of aryl methyl sites for hydroxylation is 1. The van der Waals surface area contributed by atoms with Crippen molar-refractivity contribution in [2.75, 3.05) is 12.4 Å². The smallest absolute Gasteiger partial charge is 0.262 e. The summed E-state index contributed by atoms with van der Waals surface area (Å²) in [6, 6.07) is 10.3. The molecule has 0 radical (unpaired) electrons. The first-order valence-electron chi connectivity index (χ1n) is 8.62. The second kappa shape index (κ2) is 7.13. The van der Waals surface area contributed by atoms with Gasteiger partial charge in [0, 0.05) is 13.2 Å². The average molecular weight is 352 g/mol. The number of rotatable bonds is 5. The molecule has 1 amide bonds. The third kappa shape index (κ3) is 3.01. The fraction of sp³-hybridized carbons (Fsp3) is 0.316. The van der Waals surface area contributed by atoms with Crippen LogP contribution in [0.2, 0.25) is 0 Å². The first kappa shape index (κ1) is 16.5. The number of nitrogens with one attached hydrogen (secondary N) is 1. The first-order chi connectivity index (χ1) is 12.8. The van der Waals surface area contributed by atoms with Gasteiger partial charge in [-0.25, -0.2) is 4.68 Å². The summed E-state index contributed by atoms with van der Waals surface area (Å²) in [5.74, 6) is 0.366. The van der Waals surface area contributed by atoms with Gasteiger partial charge in [-0.2, -0.15) is 5.10 Å². The van der Waals surface area contributed by atoms with Gasteiger partial charge in [-0.15, -0.1) is 0 Å². The lowest BCUT2D eigenvalue weighted by atomic mass is 9.88. The predicted molar refractivity (Wildman–Crippen MR) is 94.9 cm³/mol. The van der Waals surface area contributed by atoms with Crippen LogP contribution in [0.25, 0.3) is 0 Å². The summed E-state index contributed by atoms with van der Waals surface area (Å²) in [6.07, 6.45) is 6.20. The van der Waals surface area contributed by atoms with Crippen LogP contribution in [0.4, 0.5) is 5.82 Å². The molecule has 1 aliphatic carbocycles. The second-order valence-corrected chi connectivity index (χ2v) is 6.33. The highest BCUT2D eigenvalue weighted by molar-refractivity contribution is 6.04. The van der Waals surface area contributed by atoms with E-state index in [0.29, 0.717) is 17.1 Å². The summed E-state index contributed by atoms with van der Waals surface area (Å²) in [5.41, 5.74) is 3.45. The fourth-order valence-electron chi connectivity index (χ4n) is 3.51. The topological polar surface area (TPSA) is 82.2 Å². The Bertz CT molecular complexity index is 915. The van der Waals surface area contributed by atoms with E-state index in [1.807, 2.05) is 10.7 Å². The van der Waals surface area contributed by atoms with Crippen molar-refractivity contribution in [2.24, 2.45) is 0 Å². The van der Waals surface area contributed by atoms with Gasteiger partial charge >= 0.3 is 0 Å². The predicted octanol–water partition coefficient (Wildman–Crippen LogP) is 3.20. The molecule has 0 saturated heterocycles. The Morgan fingerprint density at radius 3 is 3.15 bits per heavy atom. The molecule has 26 heavy (non-hydrogen) atoms. The molecule has 7 nitrogen and oxygen atoms in total. The standard InChI is InChI=1S/C19H20N4O3/c1-25-12-16-15(11-26-22-16)19(24)21-18-9-10-20-23(18)17-8-4-6-13-5-2-3-7-14(13)17/h2-3,5,7,9-11,17H,4,6,8,12H2,1H3,(H,21,24). The molecule has 1 N–H and O–H groups in total. The SMILES string of the molecule is COCc1nocc1C(=O)Nc1ccnn1C1CCCc2ccccc21. The quantitative estimate of drug-likeness (QED) is 0.762. The Kier molecular flexibility index (Phi) is 4.53. The molecule has 0 spiro atoms. The largest absolute Gasteiger partial charge is 0.378 e.